The van der Waals surface area contributed by atoms with Gasteiger partial charge in [-0.05, 0) is 18.2 Å². The molecular weight excluding hydrogens is 346 g/mol. The normalized spacial score (nSPS) is 11.6. The molecule has 9 heteroatoms. The predicted molar refractivity (Wildman–Crippen MR) is 90.0 cm³/mol. The molecule has 128 valence electrons. The zero-order chi connectivity index (χ0) is 18.2. The largest absolute Gasteiger partial charge is 0.299 e. The highest BCUT2D eigenvalue weighted by molar-refractivity contribution is 7.90. The molecular formula is C16H13N3O5S. The molecule has 0 aliphatic rings. The van der Waals surface area contributed by atoms with E-state index < -0.39 is 26.4 Å². The second-order valence-electron chi connectivity index (χ2n) is 5.22. The van der Waals surface area contributed by atoms with Crippen LogP contribution in [0, 0.1) is 10.1 Å². The van der Waals surface area contributed by atoms with Gasteiger partial charge >= 0.3 is 0 Å². The molecule has 0 radical (unpaired) electrons. The van der Waals surface area contributed by atoms with Crippen molar-refractivity contribution < 1.29 is 18.1 Å². The molecule has 25 heavy (non-hydrogen) atoms. The summed E-state index contributed by atoms with van der Waals surface area (Å²) in [6, 6.07) is 9.09. The Labute approximate surface area is 142 Å². The summed E-state index contributed by atoms with van der Waals surface area (Å²) >= 11 is 0. The van der Waals surface area contributed by atoms with Crippen LogP contribution in [-0.4, -0.2) is 28.1 Å². The van der Waals surface area contributed by atoms with Gasteiger partial charge in [0.25, 0.3) is 15.7 Å². The summed E-state index contributed by atoms with van der Waals surface area (Å²) in [4.78, 5) is 26.7. The van der Waals surface area contributed by atoms with Gasteiger partial charge in [0.15, 0.2) is 11.4 Å². The van der Waals surface area contributed by atoms with E-state index in [9.17, 15) is 23.3 Å². The molecule has 8 nitrogen and oxygen atoms in total. The second kappa shape index (κ2) is 6.10. The average Bonchev–Trinajstić information content (AvgIpc) is 3.05. The van der Waals surface area contributed by atoms with E-state index in [0.717, 1.165) is 10.2 Å². The standard InChI is InChI=1S/C16H13N3O5S/c1-2-14(20)15-12-8-9-18(16(12)17-10-13(15)19(21)22)25(23,24)11-6-4-3-5-7-11/h3-10H,2H2,1H3. The van der Waals surface area contributed by atoms with Crippen LogP contribution in [0.5, 0.6) is 0 Å². The molecule has 3 aromatic rings. The molecule has 0 N–H and O–H groups in total. The van der Waals surface area contributed by atoms with Crippen LogP contribution in [0.2, 0.25) is 0 Å². The third-order valence-corrected chi connectivity index (χ3v) is 5.44. The molecule has 0 aliphatic heterocycles. The molecule has 1 aromatic carbocycles. The summed E-state index contributed by atoms with van der Waals surface area (Å²) in [6.45, 7) is 1.58. The van der Waals surface area contributed by atoms with Gasteiger partial charge in [-0.25, -0.2) is 17.4 Å². The van der Waals surface area contributed by atoms with E-state index in [0.29, 0.717) is 0 Å². The first kappa shape index (κ1) is 16.8. The van der Waals surface area contributed by atoms with Gasteiger partial charge in [-0.1, -0.05) is 25.1 Å². The molecule has 0 saturated carbocycles. The highest BCUT2D eigenvalue weighted by atomic mass is 32.2. The van der Waals surface area contributed by atoms with Crippen LogP contribution < -0.4 is 0 Å². The molecule has 3 rings (SSSR count). The molecule has 0 bridgehead atoms. The molecule has 0 spiro atoms. The van der Waals surface area contributed by atoms with Crippen LogP contribution in [0.15, 0.2) is 53.7 Å². The minimum atomic E-state index is -3.93. The quantitative estimate of drug-likeness (QED) is 0.393. The first-order chi connectivity index (χ1) is 11.9. The number of rotatable bonds is 5. The lowest BCUT2D eigenvalue weighted by atomic mass is 10.1. The minimum Gasteiger partial charge on any atom is -0.294 e. The maximum atomic E-state index is 12.8. The van der Waals surface area contributed by atoms with E-state index >= 15 is 0 Å². The summed E-state index contributed by atoms with van der Waals surface area (Å²) < 4.78 is 26.5. The molecule has 0 fully saturated rings. The van der Waals surface area contributed by atoms with Crippen molar-refractivity contribution in [2.45, 2.75) is 18.2 Å². The number of aromatic nitrogens is 2. The van der Waals surface area contributed by atoms with Crippen LogP contribution in [0.25, 0.3) is 11.0 Å². The van der Waals surface area contributed by atoms with Gasteiger partial charge in [0.05, 0.1) is 9.82 Å². The molecule has 0 saturated heterocycles. The predicted octanol–water partition coefficient (Wildman–Crippen LogP) is 2.77. The Bertz CT molecular complexity index is 1090. The Morgan fingerprint density at radius 3 is 2.52 bits per heavy atom. The molecule has 0 aliphatic carbocycles. The lowest BCUT2D eigenvalue weighted by Gasteiger charge is -2.08. The number of nitrogens with zero attached hydrogens (tertiary/aromatic N) is 3. The van der Waals surface area contributed by atoms with Crippen molar-refractivity contribution in [3.05, 3.63) is 64.5 Å². The topological polar surface area (TPSA) is 112 Å². The monoisotopic (exact) mass is 359 g/mol. The second-order valence-corrected chi connectivity index (χ2v) is 7.03. The van der Waals surface area contributed by atoms with Crippen LogP contribution in [0.4, 0.5) is 5.69 Å². The molecule has 2 aromatic heterocycles. The summed E-state index contributed by atoms with van der Waals surface area (Å²) in [5, 5.41) is 11.3. The van der Waals surface area contributed by atoms with Crippen molar-refractivity contribution in [2.24, 2.45) is 0 Å². The zero-order valence-corrected chi connectivity index (χ0v) is 13.9. The van der Waals surface area contributed by atoms with E-state index in [1.54, 1.807) is 25.1 Å². The summed E-state index contributed by atoms with van der Waals surface area (Å²) in [6.07, 6.45) is 2.22. The van der Waals surface area contributed by atoms with Gasteiger partial charge in [0.1, 0.15) is 11.8 Å². The first-order valence-electron chi connectivity index (χ1n) is 7.36. The van der Waals surface area contributed by atoms with Gasteiger partial charge in [-0.3, -0.25) is 14.9 Å². The summed E-state index contributed by atoms with van der Waals surface area (Å²) in [5.41, 5.74) is -0.583. The number of carbonyl (C=O) groups excluding carboxylic acids is 1. The lowest BCUT2D eigenvalue weighted by Crippen LogP contribution is -2.13. The number of hydrogen-bond acceptors (Lipinski definition) is 6. The SMILES string of the molecule is CCC(=O)c1c([N+](=O)[O-])cnc2c1ccn2S(=O)(=O)c1ccccc1. The highest BCUT2D eigenvalue weighted by Crippen LogP contribution is 2.30. The van der Waals surface area contributed by atoms with Crippen molar-refractivity contribution in [3.8, 4) is 0 Å². The zero-order valence-electron chi connectivity index (χ0n) is 13.1. The molecule has 2 heterocycles. The molecule has 0 unspecified atom stereocenters. The fourth-order valence-corrected chi connectivity index (χ4v) is 3.88. The van der Waals surface area contributed by atoms with E-state index in [4.69, 9.17) is 0 Å². The average molecular weight is 359 g/mol. The van der Waals surface area contributed by atoms with Gasteiger partial charge in [0.2, 0.25) is 0 Å². The Balaban J connectivity index is 2.31. The number of pyridine rings is 1. The van der Waals surface area contributed by atoms with Crippen molar-refractivity contribution in [2.75, 3.05) is 0 Å². The van der Waals surface area contributed by atoms with Crippen LogP contribution >= 0.6 is 0 Å². The van der Waals surface area contributed by atoms with Gasteiger partial charge in [-0.15, -0.1) is 0 Å². The van der Waals surface area contributed by atoms with Crippen LogP contribution in [-0.2, 0) is 10.0 Å². The summed E-state index contributed by atoms with van der Waals surface area (Å²) in [7, 11) is -3.93. The number of Topliss-reactive ketones (excluding diaryl/α,β-unsaturated/α-hetero) is 1. The van der Waals surface area contributed by atoms with Crippen molar-refractivity contribution in [3.63, 3.8) is 0 Å². The van der Waals surface area contributed by atoms with E-state index in [1.807, 2.05) is 0 Å². The van der Waals surface area contributed by atoms with E-state index in [2.05, 4.69) is 4.98 Å². The maximum Gasteiger partial charge on any atom is 0.299 e. The van der Waals surface area contributed by atoms with Gasteiger partial charge < -0.3 is 0 Å². The van der Waals surface area contributed by atoms with Crippen LogP contribution in [0.1, 0.15) is 23.7 Å². The number of hydrogen-bond donors (Lipinski definition) is 0. The number of nitro groups is 1. The fourth-order valence-electron chi connectivity index (χ4n) is 2.56. The van der Waals surface area contributed by atoms with Gasteiger partial charge in [0, 0.05) is 18.0 Å². The van der Waals surface area contributed by atoms with Crippen molar-refractivity contribution >= 4 is 32.5 Å². The van der Waals surface area contributed by atoms with E-state index in [-0.39, 0.29) is 27.9 Å². The van der Waals surface area contributed by atoms with E-state index in [1.165, 1.54) is 24.4 Å². The first-order valence-corrected chi connectivity index (χ1v) is 8.80. The lowest BCUT2D eigenvalue weighted by molar-refractivity contribution is -0.385. The van der Waals surface area contributed by atoms with Gasteiger partial charge in [-0.2, -0.15) is 0 Å². The number of fused-ring (bicyclic) bond motifs is 1. The van der Waals surface area contributed by atoms with Crippen LogP contribution in [0.3, 0.4) is 0 Å². The van der Waals surface area contributed by atoms with Crippen molar-refractivity contribution in [1.29, 1.82) is 0 Å². The Morgan fingerprint density at radius 1 is 1.24 bits per heavy atom. The Morgan fingerprint density at radius 2 is 1.92 bits per heavy atom. The third-order valence-electron chi connectivity index (χ3n) is 3.76. The summed E-state index contributed by atoms with van der Waals surface area (Å²) in [5.74, 6) is -0.450. The fraction of sp³-hybridized carbons (Fsp3) is 0.125. The Kier molecular flexibility index (Phi) is 4.09. The number of benzene rings is 1. The van der Waals surface area contributed by atoms with Crippen molar-refractivity contribution in [1.82, 2.24) is 8.96 Å². The maximum absolute atomic E-state index is 12.8. The molecule has 0 amide bonds. The Hall–Kier alpha value is -3.07. The minimum absolute atomic E-state index is 0.0220. The highest BCUT2D eigenvalue weighted by Gasteiger charge is 2.27. The smallest absolute Gasteiger partial charge is 0.294 e. The molecule has 0 atom stereocenters. The number of ketones is 1. The number of carbonyl (C=O) groups is 1. The third kappa shape index (κ3) is 2.68.